The average molecular weight is 335 g/mol. The Kier molecular flexibility index (Phi) is 5.43. The van der Waals surface area contributed by atoms with Crippen molar-refractivity contribution in [1.82, 2.24) is 10.9 Å². The highest BCUT2D eigenvalue weighted by Crippen LogP contribution is 2.22. The fraction of sp³-hybridized carbons (Fsp3) is 0.125. The molecule has 6 nitrogen and oxygen atoms in total. The highest BCUT2D eigenvalue weighted by molar-refractivity contribution is 6.31. The first-order valence-electron chi connectivity index (χ1n) is 6.63. The number of hydrogen-bond donors (Lipinski definition) is 2. The van der Waals surface area contributed by atoms with E-state index in [1.165, 1.54) is 20.3 Å². The average Bonchev–Trinajstić information content (AvgIpc) is 2.59. The maximum atomic E-state index is 12.1. The third-order valence-electron chi connectivity index (χ3n) is 3.03. The van der Waals surface area contributed by atoms with E-state index in [0.717, 1.165) is 0 Å². The maximum absolute atomic E-state index is 12.1. The molecule has 0 saturated heterocycles. The number of benzene rings is 2. The van der Waals surface area contributed by atoms with Crippen molar-refractivity contribution in [2.75, 3.05) is 14.2 Å². The Balaban J connectivity index is 2.06. The Hall–Kier alpha value is -2.73. The van der Waals surface area contributed by atoms with Crippen LogP contribution < -0.4 is 20.3 Å². The summed E-state index contributed by atoms with van der Waals surface area (Å²) >= 11 is 5.87. The van der Waals surface area contributed by atoms with Crippen molar-refractivity contribution in [2.24, 2.45) is 0 Å². The molecule has 0 aliphatic rings. The van der Waals surface area contributed by atoms with Crippen LogP contribution in [0.3, 0.4) is 0 Å². The van der Waals surface area contributed by atoms with Gasteiger partial charge in [-0.05, 0) is 36.4 Å². The molecule has 0 bridgehead atoms. The minimum absolute atomic E-state index is 0.214. The highest BCUT2D eigenvalue weighted by atomic mass is 35.5. The van der Waals surface area contributed by atoms with Gasteiger partial charge < -0.3 is 9.47 Å². The molecule has 0 fully saturated rings. The molecular weight excluding hydrogens is 320 g/mol. The SMILES string of the molecule is COc1cccc(C(=O)NNC(=O)c2cc(Cl)ccc2OC)c1. The predicted molar refractivity (Wildman–Crippen MR) is 85.9 cm³/mol. The van der Waals surface area contributed by atoms with Crippen LogP contribution in [0.1, 0.15) is 20.7 Å². The molecule has 0 aliphatic carbocycles. The molecule has 2 rings (SSSR count). The lowest BCUT2D eigenvalue weighted by Crippen LogP contribution is -2.41. The smallest absolute Gasteiger partial charge is 0.273 e. The van der Waals surface area contributed by atoms with Crippen molar-refractivity contribution in [3.63, 3.8) is 0 Å². The predicted octanol–water partition coefficient (Wildman–Crippen LogP) is 2.43. The summed E-state index contributed by atoms with van der Waals surface area (Å²) in [6.45, 7) is 0. The Morgan fingerprint density at radius 2 is 1.70 bits per heavy atom. The standard InChI is InChI=1S/C16H15ClN2O4/c1-22-12-5-3-4-10(8-12)15(20)18-19-16(21)13-9-11(17)6-7-14(13)23-2/h3-9H,1-2H3,(H,18,20)(H,19,21). The number of rotatable bonds is 4. The van der Waals surface area contributed by atoms with Gasteiger partial charge in [0.15, 0.2) is 0 Å². The summed E-state index contributed by atoms with van der Waals surface area (Å²) in [6.07, 6.45) is 0. The number of hydrazine groups is 1. The van der Waals surface area contributed by atoms with Crippen molar-refractivity contribution >= 4 is 23.4 Å². The lowest BCUT2D eigenvalue weighted by molar-refractivity contribution is 0.0845. The van der Waals surface area contributed by atoms with Crippen molar-refractivity contribution in [3.8, 4) is 11.5 Å². The van der Waals surface area contributed by atoms with Gasteiger partial charge >= 0.3 is 0 Å². The number of amides is 2. The minimum Gasteiger partial charge on any atom is -0.497 e. The quantitative estimate of drug-likeness (QED) is 0.842. The molecule has 7 heteroatoms. The van der Waals surface area contributed by atoms with Crippen LogP contribution in [-0.2, 0) is 0 Å². The van der Waals surface area contributed by atoms with Gasteiger partial charge in [-0.1, -0.05) is 17.7 Å². The Morgan fingerprint density at radius 3 is 2.39 bits per heavy atom. The van der Waals surface area contributed by atoms with Crippen molar-refractivity contribution < 1.29 is 19.1 Å². The molecule has 0 heterocycles. The monoisotopic (exact) mass is 334 g/mol. The molecule has 0 radical (unpaired) electrons. The number of ether oxygens (including phenoxy) is 2. The summed E-state index contributed by atoms with van der Waals surface area (Å²) in [5.74, 6) is -0.123. The van der Waals surface area contributed by atoms with Crippen LogP contribution in [0.25, 0.3) is 0 Å². The summed E-state index contributed by atoms with van der Waals surface area (Å²) in [5, 5.41) is 0.384. The van der Waals surface area contributed by atoms with Crippen molar-refractivity contribution in [3.05, 3.63) is 58.6 Å². The normalized spacial score (nSPS) is 9.87. The molecule has 0 aromatic heterocycles. The van der Waals surface area contributed by atoms with E-state index in [4.69, 9.17) is 21.1 Å². The Bertz CT molecular complexity index is 734. The number of methoxy groups -OCH3 is 2. The molecule has 0 spiro atoms. The highest BCUT2D eigenvalue weighted by Gasteiger charge is 2.14. The van der Waals surface area contributed by atoms with Crippen molar-refractivity contribution in [1.29, 1.82) is 0 Å². The molecule has 2 aromatic carbocycles. The molecule has 23 heavy (non-hydrogen) atoms. The van der Waals surface area contributed by atoms with Crippen LogP contribution >= 0.6 is 11.6 Å². The summed E-state index contributed by atoms with van der Waals surface area (Å²) in [5.41, 5.74) is 5.21. The number of carbonyl (C=O) groups is 2. The third-order valence-corrected chi connectivity index (χ3v) is 3.26. The van der Waals surface area contributed by atoms with Crippen LogP contribution in [0.15, 0.2) is 42.5 Å². The number of hydrogen-bond acceptors (Lipinski definition) is 4. The Labute approximate surface area is 138 Å². The Morgan fingerprint density at radius 1 is 0.957 bits per heavy atom. The van der Waals surface area contributed by atoms with Crippen LogP contribution in [0, 0.1) is 0 Å². The summed E-state index contributed by atoms with van der Waals surface area (Å²) in [7, 11) is 2.94. The first-order chi connectivity index (χ1) is 11.0. The van der Waals surface area contributed by atoms with Crippen LogP contribution in [-0.4, -0.2) is 26.0 Å². The van der Waals surface area contributed by atoms with Crippen LogP contribution in [0.5, 0.6) is 11.5 Å². The van der Waals surface area contributed by atoms with Gasteiger partial charge in [-0.15, -0.1) is 0 Å². The molecule has 0 saturated carbocycles. The van der Waals surface area contributed by atoms with E-state index in [1.807, 2.05) is 0 Å². The molecule has 2 amide bonds. The topological polar surface area (TPSA) is 76.7 Å². The number of nitrogens with one attached hydrogen (secondary N) is 2. The first kappa shape index (κ1) is 16.6. The van der Waals surface area contributed by atoms with E-state index in [-0.39, 0.29) is 5.56 Å². The zero-order valence-electron chi connectivity index (χ0n) is 12.6. The number of carbonyl (C=O) groups excluding carboxylic acids is 2. The van der Waals surface area contributed by atoms with Gasteiger partial charge in [0, 0.05) is 10.6 Å². The van der Waals surface area contributed by atoms with E-state index in [9.17, 15) is 9.59 Å². The second-order valence-electron chi connectivity index (χ2n) is 4.48. The first-order valence-corrected chi connectivity index (χ1v) is 7.01. The zero-order valence-corrected chi connectivity index (χ0v) is 13.3. The molecule has 0 atom stereocenters. The second kappa shape index (κ2) is 7.51. The second-order valence-corrected chi connectivity index (χ2v) is 4.92. The van der Waals surface area contributed by atoms with E-state index < -0.39 is 11.8 Å². The van der Waals surface area contributed by atoms with Gasteiger partial charge in [0.05, 0.1) is 19.8 Å². The van der Waals surface area contributed by atoms with Gasteiger partial charge in [-0.25, -0.2) is 0 Å². The molecular formula is C16H15ClN2O4. The molecule has 2 aromatic rings. The molecule has 0 unspecified atom stereocenters. The molecule has 0 aliphatic heterocycles. The van der Waals surface area contributed by atoms with E-state index >= 15 is 0 Å². The molecule has 120 valence electrons. The van der Waals surface area contributed by atoms with Crippen LogP contribution in [0.2, 0.25) is 5.02 Å². The summed E-state index contributed by atoms with van der Waals surface area (Å²) in [6, 6.07) is 11.2. The lowest BCUT2D eigenvalue weighted by Gasteiger charge is -2.11. The lowest BCUT2D eigenvalue weighted by atomic mass is 10.2. The summed E-state index contributed by atoms with van der Waals surface area (Å²) in [4.78, 5) is 24.2. The molecule has 2 N–H and O–H groups in total. The van der Waals surface area contributed by atoms with Gasteiger partial charge in [0.25, 0.3) is 11.8 Å². The zero-order chi connectivity index (χ0) is 16.8. The van der Waals surface area contributed by atoms with Gasteiger partial charge in [-0.2, -0.15) is 0 Å². The van der Waals surface area contributed by atoms with Crippen LogP contribution in [0.4, 0.5) is 0 Å². The fourth-order valence-corrected chi connectivity index (χ4v) is 2.05. The largest absolute Gasteiger partial charge is 0.497 e. The minimum atomic E-state index is -0.541. The van der Waals surface area contributed by atoms with Gasteiger partial charge in [-0.3, -0.25) is 20.4 Å². The van der Waals surface area contributed by atoms with E-state index in [0.29, 0.717) is 22.1 Å². The maximum Gasteiger partial charge on any atom is 0.273 e. The third kappa shape index (κ3) is 4.14. The number of halogens is 1. The van der Waals surface area contributed by atoms with Gasteiger partial charge in [0.2, 0.25) is 0 Å². The van der Waals surface area contributed by atoms with E-state index in [2.05, 4.69) is 10.9 Å². The van der Waals surface area contributed by atoms with E-state index in [1.54, 1.807) is 36.4 Å². The van der Waals surface area contributed by atoms with Gasteiger partial charge in [0.1, 0.15) is 11.5 Å². The summed E-state index contributed by atoms with van der Waals surface area (Å²) < 4.78 is 10.1. The van der Waals surface area contributed by atoms with Crippen molar-refractivity contribution in [2.45, 2.75) is 0 Å². The fourth-order valence-electron chi connectivity index (χ4n) is 1.87.